The molecule has 0 aromatic carbocycles. The third kappa shape index (κ3) is 2.54. The van der Waals surface area contributed by atoms with Crippen molar-refractivity contribution in [3.8, 4) is 0 Å². The van der Waals surface area contributed by atoms with E-state index in [1.165, 1.54) is 19.3 Å². The SMILES string of the molecule is CCC1(C)NC(C(C)C)N(CC2(SC)CCC2)C1=O. The lowest BCUT2D eigenvalue weighted by molar-refractivity contribution is -0.134. The molecule has 1 aliphatic carbocycles. The molecule has 2 unspecified atom stereocenters. The van der Waals surface area contributed by atoms with Crippen LogP contribution in [0.3, 0.4) is 0 Å². The molecule has 0 bridgehead atoms. The molecular weight excluding hydrogens is 256 g/mol. The average Bonchev–Trinajstić information content (AvgIpc) is 2.59. The van der Waals surface area contributed by atoms with Gasteiger partial charge in [0.2, 0.25) is 5.91 Å². The summed E-state index contributed by atoms with van der Waals surface area (Å²) in [5, 5.41) is 3.58. The molecule has 0 aromatic heterocycles. The molecule has 2 fully saturated rings. The summed E-state index contributed by atoms with van der Waals surface area (Å²) in [5.41, 5.74) is -0.363. The van der Waals surface area contributed by atoms with Gasteiger partial charge in [0, 0.05) is 11.3 Å². The summed E-state index contributed by atoms with van der Waals surface area (Å²) in [6, 6.07) is 0. The van der Waals surface area contributed by atoms with E-state index in [0.717, 1.165) is 13.0 Å². The Bertz CT molecular complexity index is 349. The Kier molecular flexibility index (Phi) is 4.22. The van der Waals surface area contributed by atoms with Gasteiger partial charge < -0.3 is 4.90 Å². The Morgan fingerprint density at radius 3 is 2.47 bits per heavy atom. The molecule has 1 saturated carbocycles. The smallest absolute Gasteiger partial charge is 0.243 e. The minimum absolute atomic E-state index is 0.196. The van der Waals surface area contributed by atoms with Crippen molar-refractivity contribution in [2.45, 2.75) is 69.8 Å². The first kappa shape index (κ1) is 15.2. The van der Waals surface area contributed by atoms with Crippen LogP contribution in [0.5, 0.6) is 0 Å². The number of rotatable bonds is 5. The monoisotopic (exact) mass is 284 g/mol. The van der Waals surface area contributed by atoms with E-state index in [-0.39, 0.29) is 11.7 Å². The third-order valence-corrected chi connectivity index (χ3v) is 6.43. The van der Waals surface area contributed by atoms with E-state index in [0.29, 0.717) is 16.6 Å². The van der Waals surface area contributed by atoms with Crippen molar-refractivity contribution in [2.24, 2.45) is 5.92 Å². The van der Waals surface area contributed by atoms with Crippen LogP contribution in [0.1, 0.15) is 53.4 Å². The van der Waals surface area contributed by atoms with Gasteiger partial charge in [-0.3, -0.25) is 10.1 Å². The fourth-order valence-corrected chi connectivity index (χ4v) is 4.13. The first-order chi connectivity index (χ1) is 8.87. The summed E-state index contributed by atoms with van der Waals surface area (Å²) in [6.07, 6.45) is 7.07. The molecule has 0 radical (unpaired) electrons. The fourth-order valence-electron chi connectivity index (χ4n) is 3.17. The van der Waals surface area contributed by atoms with Crippen molar-refractivity contribution in [2.75, 3.05) is 12.8 Å². The molecule has 1 N–H and O–H groups in total. The second-order valence-electron chi connectivity index (χ2n) is 6.69. The number of hydrogen-bond donors (Lipinski definition) is 1. The first-order valence-electron chi connectivity index (χ1n) is 7.51. The summed E-state index contributed by atoms with van der Waals surface area (Å²) in [4.78, 5) is 14.9. The van der Waals surface area contributed by atoms with Crippen molar-refractivity contribution in [3.63, 3.8) is 0 Å². The highest BCUT2D eigenvalue weighted by molar-refractivity contribution is 8.00. The molecule has 2 aliphatic rings. The zero-order valence-electron chi connectivity index (χ0n) is 13.0. The Balaban J connectivity index is 2.18. The Hall–Kier alpha value is -0.220. The van der Waals surface area contributed by atoms with E-state index in [1.54, 1.807) is 0 Å². The van der Waals surface area contributed by atoms with Gasteiger partial charge >= 0.3 is 0 Å². The predicted molar refractivity (Wildman–Crippen MR) is 82.3 cm³/mol. The molecular formula is C15H28N2OS. The number of nitrogens with zero attached hydrogens (tertiary/aromatic N) is 1. The van der Waals surface area contributed by atoms with E-state index in [4.69, 9.17) is 0 Å². The maximum absolute atomic E-state index is 12.8. The Morgan fingerprint density at radius 1 is 1.47 bits per heavy atom. The van der Waals surface area contributed by atoms with Crippen molar-refractivity contribution >= 4 is 17.7 Å². The maximum Gasteiger partial charge on any atom is 0.243 e. The normalized spacial score (nSPS) is 33.9. The van der Waals surface area contributed by atoms with Crippen LogP contribution < -0.4 is 5.32 Å². The van der Waals surface area contributed by atoms with Crippen LogP contribution in [0.4, 0.5) is 0 Å². The molecule has 2 rings (SSSR count). The Labute approximate surface area is 121 Å². The van der Waals surface area contributed by atoms with Crippen LogP contribution in [-0.2, 0) is 4.79 Å². The maximum atomic E-state index is 12.8. The largest absolute Gasteiger partial charge is 0.324 e. The second kappa shape index (κ2) is 5.28. The van der Waals surface area contributed by atoms with E-state index in [2.05, 4.69) is 44.2 Å². The van der Waals surface area contributed by atoms with E-state index in [1.807, 2.05) is 11.8 Å². The summed E-state index contributed by atoms with van der Waals surface area (Å²) >= 11 is 1.95. The lowest BCUT2D eigenvalue weighted by Gasteiger charge is -2.44. The summed E-state index contributed by atoms with van der Waals surface area (Å²) in [6.45, 7) is 9.47. The molecule has 1 heterocycles. The van der Waals surface area contributed by atoms with Crippen molar-refractivity contribution in [3.05, 3.63) is 0 Å². The van der Waals surface area contributed by atoms with E-state index < -0.39 is 0 Å². The predicted octanol–water partition coefficient (Wildman–Crippen LogP) is 2.85. The number of carbonyl (C=O) groups is 1. The van der Waals surface area contributed by atoms with Crippen LogP contribution in [0.15, 0.2) is 0 Å². The van der Waals surface area contributed by atoms with Crippen LogP contribution >= 0.6 is 11.8 Å². The minimum Gasteiger partial charge on any atom is -0.324 e. The first-order valence-corrected chi connectivity index (χ1v) is 8.74. The van der Waals surface area contributed by atoms with E-state index in [9.17, 15) is 4.79 Å². The van der Waals surface area contributed by atoms with Gasteiger partial charge in [-0.25, -0.2) is 0 Å². The molecule has 3 nitrogen and oxygen atoms in total. The lowest BCUT2D eigenvalue weighted by atomic mass is 9.83. The highest BCUT2D eigenvalue weighted by Crippen LogP contribution is 2.44. The van der Waals surface area contributed by atoms with Gasteiger partial charge in [0.25, 0.3) is 0 Å². The lowest BCUT2D eigenvalue weighted by Crippen LogP contribution is -2.51. The molecule has 1 saturated heterocycles. The van der Waals surface area contributed by atoms with Gasteiger partial charge in [-0.2, -0.15) is 11.8 Å². The molecule has 2 atom stereocenters. The van der Waals surface area contributed by atoms with Gasteiger partial charge in [-0.1, -0.05) is 27.2 Å². The molecule has 0 aromatic rings. The Morgan fingerprint density at radius 2 is 2.11 bits per heavy atom. The highest BCUT2D eigenvalue weighted by Gasteiger charge is 2.50. The van der Waals surface area contributed by atoms with Gasteiger partial charge in [0.15, 0.2) is 0 Å². The van der Waals surface area contributed by atoms with Crippen LogP contribution in [0.25, 0.3) is 0 Å². The third-order valence-electron chi connectivity index (χ3n) is 5.03. The number of hydrogen-bond acceptors (Lipinski definition) is 3. The molecule has 1 aliphatic heterocycles. The highest BCUT2D eigenvalue weighted by atomic mass is 32.2. The molecule has 110 valence electrons. The topological polar surface area (TPSA) is 32.3 Å². The van der Waals surface area contributed by atoms with Crippen LogP contribution in [0.2, 0.25) is 0 Å². The van der Waals surface area contributed by atoms with Gasteiger partial charge in [0.1, 0.15) is 0 Å². The molecule has 19 heavy (non-hydrogen) atoms. The number of amides is 1. The average molecular weight is 284 g/mol. The fraction of sp³-hybridized carbons (Fsp3) is 0.933. The zero-order chi connectivity index (χ0) is 14.3. The summed E-state index contributed by atoms with van der Waals surface area (Å²) in [7, 11) is 0. The van der Waals surface area contributed by atoms with Crippen molar-refractivity contribution in [1.29, 1.82) is 0 Å². The minimum atomic E-state index is -0.363. The van der Waals surface area contributed by atoms with Gasteiger partial charge in [-0.05, 0) is 38.4 Å². The van der Waals surface area contributed by atoms with Gasteiger partial charge in [0.05, 0.1) is 11.7 Å². The van der Waals surface area contributed by atoms with E-state index >= 15 is 0 Å². The van der Waals surface area contributed by atoms with Gasteiger partial charge in [-0.15, -0.1) is 0 Å². The number of thioether (sulfide) groups is 1. The number of carbonyl (C=O) groups excluding carboxylic acids is 1. The standard InChI is InChI=1S/C15H28N2OS/c1-6-14(4)13(18)17(12(16-14)11(2)3)10-15(19-5)8-7-9-15/h11-12,16H,6-10H2,1-5H3. The zero-order valence-corrected chi connectivity index (χ0v) is 13.8. The van der Waals surface area contributed by atoms with Crippen LogP contribution in [0, 0.1) is 5.92 Å². The second-order valence-corrected chi connectivity index (χ2v) is 7.97. The van der Waals surface area contributed by atoms with Crippen molar-refractivity contribution in [1.82, 2.24) is 10.2 Å². The summed E-state index contributed by atoms with van der Waals surface area (Å²) < 4.78 is 0.323. The molecule has 0 spiro atoms. The van der Waals surface area contributed by atoms with Crippen LogP contribution in [-0.4, -0.2) is 40.1 Å². The quantitative estimate of drug-likeness (QED) is 0.842. The summed E-state index contributed by atoms with van der Waals surface area (Å²) in [5.74, 6) is 0.755. The molecule has 4 heteroatoms. The molecule has 1 amide bonds. The van der Waals surface area contributed by atoms with Crippen molar-refractivity contribution < 1.29 is 4.79 Å². The number of nitrogens with one attached hydrogen (secondary N) is 1.